The van der Waals surface area contributed by atoms with Crippen molar-refractivity contribution in [2.45, 2.75) is 77.3 Å². The van der Waals surface area contributed by atoms with Crippen molar-refractivity contribution in [1.29, 1.82) is 0 Å². The van der Waals surface area contributed by atoms with Crippen molar-refractivity contribution in [3.05, 3.63) is 59.7 Å². The van der Waals surface area contributed by atoms with Crippen LogP contribution in [-0.2, 0) is 13.1 Å². The molecule has 0 atom stereocenters. The van der Waals surface area contributed by atoms with Gasteiger partial charge in [0.15, 0.2) is 0 Å². The zero-order chi connectivity index (χ0) is 20.0. The van der Waals surface area contributed by atoms with E-state index in [2.05, 4.69) is 53.8 Å². The predicted molar refractivity (Wildman–Crippen MR) is 121 cm³/mol. The van der Waals surface area contributed by atoms with E-state index >= 15 is 0 Å². The minimum Gasteiger partial charge on any atom is -0.493 e. The summed E-state index contributed by atoms with van der Waals surface area (Å²) in [5.41, 5.74) is 2.44. The molecule has 0 amide bonds. The lowest BCUT2D eigenvalue weighted by molar-refractivity contribution is 0.300. The summed E-state index contributed by atoms with van der Waals surface area (Å²) < 4.78 is 12.2. The summed E-state index contributed by atoms with van der Waals surface area (Å²) >= 11 is 0. The number of hydrogen-bond donors (Lipinski definition) is 1. The van der Waals surface area contributed by atoms with E-state index in [0.717, 1.165) is 50.6 Å². The Balaban J connectivity index is 1.58. The van der Waals surface area contributed by atoms with E-state index in [0.29, 0.717) is 0 Å². The highest BCUT2D eigenvalue weighted by Gasteiger charge is 2.06. The molecule has 0 aromatic heterocycles. The van der Waals surface area contributed by atoms with Gasteiger partial charge in [0.2, 0.25) is 0 Å². The smallest absolute Gasteiger partial charge is 0.123 e. The van der Waals surface area contributed by atoms with Crippen molar-refractivity contribution in [3.63, 3.8) is 0 Å². The first-order chi connectivity index (χ1) is 14.4. The molecular formula is C26H37NO2. The fourth-order valence-electron chi connectivity index (χ4n) is 3.90. The monoisotopic (exact) mass is 395 g/mol. The molecule has 3 nitrogen and oxygen atoms in total. The molecule has 2 aromatic carbocycles. The first kappa shape index (κ1) is 21.7. The lowest BCUT2D eigenvalue weighted by Gasteiger charge is -2.14. The van der Waals surface area contributed by atoms with Gasteiger partial charge in [-0.25, -0.2) is 0 Å². The molecule has 158 valence electrons. The van der Waals surface area contributed by atoms with Gasteiger partial charge in [0.1, 0.15) is 11.5 Å². The molecule has 3 rings (SSSR count). The molecule has 0 unspecified atom stereocenters. The van der Waals surface area contributed by atoms with Crippen LogP contribution in [0.2, 0.25) is 0 Å². The number of para-hydroxylation sites is 2. The standard InChI is InChI=1S/C26H37NO2/c1-2-4-6-8-14-20-29-26-18-12-10-16-24(26)22-27-21-23-15-9-11-17-25(23)28-19-13-7-5-3-1/h9-12,15-18,27H,1-8,13-14,19-22H2. The Morgan fingerprint density at radius 3 is 1.31 bits per heavy atom. The molecule has 1 heterocycles. The van der Waals surface area contributed by atoms with E-state index in [1.54, 1.807) is 0 Å². The summed E-state index contributed by atoms with van der Waals surface area (Å²) in [5, 5.41) is 3.57. The van der Waals surface area contributed by atoms with Gasteiger partial charge >= 0.3 is 0 Å². The second-order valence-electron chi connectivity index (χ2n) is 8.05. The lowest BCUT2D eigenvalue weighted by Crippen LogP contribution is -2.15. The Labute approximate surface area is 176 Å². The highest BCUT2D eigenvalue weighted by Crippen LogP contribution is 2.21. The van der Waals surface area contributed by atoms with Crippen LogP contribution in [0.3, 0.4) is 0 Å². The SMILES string of the molecule is c1ccc2c(c1)CNCc1ccccc1OCCCCCCCCCCCCO2. The van der Waals surface area contributed by atoms with Gasteiger partial charge in [0.05, 0.1) is 13.2 Å². The van der Waals surface area contributed by atoms with Crippen molar-refractivity contribution in [1.82, 2.24) is 5.32 Å². The van der Waals surface area contributed by atoms with E-state index < -0.39 is 0 Å². The van der Waals surface area contributed by atoms with Gasteiger partial charge in [-0.05, 0) is 25.0 Å². The Hall–Kier alpha value is -2.00. The zero-order valence-corrected chi connectivity index (χ0v) is 17.8. The van der Waals surface area contributed by atoms with E-state index in [-0.39, 0.29) is 0 Å². The molecule has 0 radical (unpaired) electrons. The van der Waals surface area contributed by atoms with Crippen LogP contribution in [0.25, 0.3) is 0 Å². The van der Waals surface area contributed by atoms with Crippen molar-refractivity contribution in [3.8, 4) is 11.5 Å². The topological polar surface area (TPSA) is 30.5 Å². The molecular weight excluding hydrogens is 358 g/mol. The maximum absolute atomic E-state index is 6.09. The molecule has 3 heteroatoms. The third-order valence-corrected chi connectivity index (χ3v) is 5.63. The summed E-state index contributed by atoms with van der Waals surface area (Å²) in [5.74, 6) is 2.02. The predicted octanol–water partition coefficient (Wildman–Crippen LogP) is 6.65. The molecule has 1 aliphatic heterocycles. The normalized spacial score (nSPS) is 18.2. The average Bonchev–Trinajstić information content (AvgIpc) is 2.75. The minimum atomic E-state index is 0.796. The highest BCUT2D eigenvalue weighted by molar-refractivity contribution is 5.35. The number of nitrogens with one attached hydrogen (secondary N) is 1. The molecule has 0 bridgehead atoms. The fraction of sp³-hybridized carbons (Fsp3) is 0.538. The summed E-state index contributed by atoms with van der Waals surface area (Å²) in [6.07, 6.45) is 13.0. The molecule has 0 fully saturated rings. The number of fused-ring (bicyclic) bond motifs is 2. The minimum absolute atomic E-state index is 0.796. The summed E-state index contributed by atoms with van der Waals surface area (Å²) in [6, 6.07) is 16.8. The molecule has 29 heavy (non-hydrogen) atoms. The first-order valence-corrected chi connectivity index (χ1v) is 11.6. The van der Waals surface area contributed by atoms with Crippen LogP contribution in [0, 0.1) is 0 Å². The molecule has 1 N–H and O–H groups in total. The number of hydrogen-bond acceptors (Lipinski definition) is 3. The Kier molecular flexibility index (Phi) is 9.93. The van der Waals surface area contributed by atoms with Crippen molar-refractivity contribution < 1.29 is 9.47 Å². The first-order valence-electron chi connectivity index (χ1n) is 11.6. The third-order valence-electron chi connectivity index (χ3n) is 5.63. The summed E-state index contributed by atoms with van der Waals surface area (Å²) in [4.78, 5) is 0. The zero-order valence-electron chi connectivity index (χ0n) is 17.8. The largest absolute Gasteiger partial charge is 0.493 e. The van der Waals surface area contributed by atoms with Crippen molar-refractivity contribution >= 4 is 0 Å². The van der Waals surface area contributed by atoms with Crippen LogP contribution < -0.4 is 14.8 Å². The van der Waals surface area contributed by atoms with Crippen LogP contribution in [0.5, 0.6) is 11.5 Å². The van der Waals surface area contributed by atoms with Gasteiger partial charge in [0.25, 0.3) is 0 Å². The van der Waals surface area contributed by atoms with E-state index in [9.17, 15) is 0 Å². The maximum Gasteiger partial charge on any atom is 0.123 e. The van der Waals surface area contributed by atoms with Gasteiger partial charge in [-0.3, -0.25) is 0 Å². The Bertz CT molecular complexity index is 641. The second-order valence-corrected chi connectivity index (χ2v) is 8.05. The van der Waals surface area contributed by atoms with Gasteiger partial charge in [0, 0.05) is 24.2 Å². The van der Waals surface area contributed by atoms with E-state index in [4.69, 9.17) is 9.47 Å². The van der Waals surface area contributed by atoms with Gasteiger partial charge in [-0.15, -0.1) is 0 Å². The van der Waals surface area contributed by atoms with Crippen LogP contribution in [0.1, 0.15) is 75.3 Å². The second kappa shape index (κ2) is 13.3. The number of rotatable bonds is 0. The quantitative estimate of drug-likeness (QED) is 0.542. The highest BCUT2D eigenvalue weighted by atomic mass is 16.5. The molecule has 0 aliphatic carbocycles. The van der Waals surface area contributed by atoms with Crippen molar-refractivity contribution in [2.24, 2.45) is 0 Å². The summed E-state index contributed by atoms with van der Waals surface area (Å²) in [7, 11) is 0. The maximum atomic E-state index is 6.09. The Morgan fingerprint density at radius 1 is 0.483 bits per heavy atom. The lowest BCUT2D eigenvalue weighted by atomic mass is 10.1. The van der Waals surface area contributed by atoms with Gasteiger partial charge in [-0.1, -0.05) is 87.8 Å². The molecule has 2 aromatic rings. The molecule has 0 saturated heterocycles. The van der Waals surface area contributed by atoms with Crippen LogP contribution in [0.4, 0.5) is 0 Å². The van der Waals surface area contributed by atoms with Gasteiger partial charge in [-0.2, -0.15) is 0 Å². The van der Waals surface area contributed by atoms with E-state index in [1.165, 1.54) is 62.5 Å². The van der Waals surface area contributed by atoms with E-state index in [1.807, 2.05) is 0 Å². The number of ether oxygens (including phenoxy) is 2. The van der Waals surface area contributed by atoms with Crippen LogP contribution >= 0.6 is 0 Å². The third kappa shape index (κ3) is 8.10. The Morgan fingerprint density at radius 2 is 0.862 bits per heavy atom. The van der Waals surface area contributed by atoms with Crippen LogP contribution in [-0.4, -0.2) is 13.2 Å². The fourth-order valence-corrected chi connectivity index (χ4v) is 3.90. The van der Waals surface area contributed by atoms with Gasteiger partial charge < -0.3 is 14.8 Å². The summed E-state index contributed by atoms with van der Waals surface area (Å²) in [6.45, 7) is 3.22. The molecule has 0 saturated carbocycles. The number of benzene rings is 2. The average molecular weight is 396 g/mol. The van der Waals surface area contributed by atoms with Crippen LogP contribution in [0.15, 0.2) is 48.5 Å². The molecule has 0 spiro atoms. The van der Waals surface area contributed by atoms with Crippen molar-refractivity contribution in [2.75, 3.05) is 13.2 Å². The molecule has 1 aliphatic rings.